The summed E-state index contributed by atoms with van der Waals surface area (Å²) in [7, 11) is -8.57. The van der Waals surface area contributed by atoms with Gasteiger partial charge in [0.05, 0.1) is 4.90 Å². The highest BCUT2D eigenvalue weighted by Crippen LogP contribution is 2.60. The van der Waals surface area contributed by atoms with Gasteiger partial charge in [0.25, 0.3) is 0 Å². The number of benzene rings is 4. The van der Waals surface area contributed by atoms with Gasteiger partial charge in [-0.1, -0.05) is 83.4 Å². The lowest BCUT2D eigenvalue weighted by atomic mass is 10.2. The average molecular weight is 562 g/mol. The summed E-state index contributed by atoms with van der Waals surface area (Å²) in [5.74, 6) is -1.07. The van der Waals surface area contributed by atoms with Gasteiger partial charge in [-0.3, -0.25) is 0 Å². The minimum Gasteiger partial charge on any atom is -0.415 e. The van der Waals surface area contributed by atoms with E-state index in [9.17, 15) is 13.0 Å². The summed E-state index contributed by atoms with van der Waals surface area (Å²) >= 11 is 12.6. The Morgan fingerprint density at radius 3 is 1.81 bits per heavy atom. The summed E-state index contributed by atoms with van der Waals surface area (Å²) in [5.41, 5.74) is 1.06. The van der Waals surface area contributed by atoms with Crippen molar-refractivity contribution in [1.82, 2.24) is 4.72 Å². The second kappa shape index (κ2) is 11.1. The van der Waals surface area contributed by atoms with Crippen LogP contribution in [0.5, 0.6) is 11.5 Å². The summed E-state index contributed by atoms with van der Waals surface area (Å²) in [4.78, 5) is -0.0193. The van der Waals surface area contributed by atoms with Crippen molar-refractivity contribution in [3.63, 3.8) is 0 Å². The van der Waals surface area contributed by atoms with E-state index < -0.39 is 23.4 Å². The Morgan fingerprint density at radius 1 is 0.778 bits per heavy atom. The van der Waals surface area contributed by atoms with Gasteiger partial charge in [-0.05, 0) is 55.5 Å². The van der Waals surface area contributed by atoms with E-state index in [-0.39, 0.29) is 27.0 Å². The highest BCUT2D eigenvalue weighted by Gasteiger charge is 2.44. The Balaban J connectivity index is 1.86. The first-order chi connectivity index (χ1) is 17.2. The zero-order valence-corrected chi connectivity index (χ0v) is 22.3. The Morgan fingerprint density at radius 2 is 1.31 bits per heavy atom. The topological polar surface area (TPSA) is 81.7 Å². The Labute approximate surface area is 220 Å². The molecule has 0 spiro atoms. The molecule has 6 nitrogen and oxygen atoms in total. The van der Waals surface area contributed by atoms with Crippen LogP contribution in [-0.2, 0) is 14.6 Å². The van der Waals surface area contributed by atoms with Crippen LogP contribution in [0.1, 0.15) is 16.9 Å². The maximum absolute atomic E-state index is 14.6. The maximum Gasteiger partial charge on any atom is 0.453 e. The maximum atomic E-state index is 14.6. The molecule has 0 bridgehead atoms. The Kier molecular flexibility index (Phi) is 8.08. The van der Waals surface area contributed by atoms with Crippen LogP contribution in [0, 0.1) is 6.92 Å². The van der Waals surface area contributed by atoms with Crippen molar-refractivity contribution in [3.05, 3.63) is 124 Å². The van der Waals surface area contributed by atoms with Crippen LogP contribution >= 0.6 is 30.8 Å². The zero-order valence-electron chi connectivity index (χ0n) is 19.0. The lowest BCUT2D eigenvalue weighted by Gasteiger charge is -2.29. The SMILES string of the molecule is Cc1ccc(S(=O)(=O)NC(c2ccc(Cl)cc2Cl)P(=O)(Oc2ccccc2)Oc2ccccc2)cc1. The number of hydrogen-bond acceptors (Lipinski definition) is 5. The monoisotopic (exact) mass is 561 g/mol. The quantitative estimate of drug-likeness (QED) is 0.212. The van der Waals surface area contributed by atoms with E-state index in [1.165, 1.54) is 30.3 Å². The number of hydrogen-bond donors (Lipinski definition) is 1. The number of para-hydroxylation sites is 2. The summed E-state index contributed by atoms with van der Waals surface area (Å²) in [5, 5.41) is 0.416. The molecular formula is C26H22Cl2NO5PS. The second-order valence-electron chi connectivity index (χ2n) is 7.85. The molecule has 0 aromatic heterocycles. The molecule has 36 heavy (non-hydrogen) atoms. The molecule has 0 amide bonds. The van der Waals surface area contributed by atoms with Gasteiger partial charge in [0.2, 0.25) is 10.0 Å². The van der Waals surface area contributed by atoms with E-state index in [2.05, 4.69) is 4.72 Å². The van der Waals surface area contributed by atoms with Crippen LogP contribution in [0.25, 0.3) is 0 Å². The molecule has 0 aliphatic heterocycles. The average Bonchev–Trinajstić information content (AvgIpc) is 2.84. The van der Waals surface area contributed by atoms with Gasteiger partial charge in [-0.25, -0.2) is 13.0 Å². The van der Waals surface area contributed by atoms with Crippen molar-refractivity contribution in [2.24, 2.45) is 0 Å². The normalized spacial score (nSPS) is 12.6. The third-order valence-electron chi connectivity index (χ3n) is 5.12. The number of halogens is 2. The van der Waals surface area contributed by atoms with E-state index in [1.807, 2.05) is 6.92 Å². The van der Waals surface area contributed by atoms with E-state index in [0.29, 0.717) is 5.02 Å². The molecule has 0 saturated heterocycles. The Bertz CT molecular complexity index is 1440. The summed E-state index contributed by atoms with van der Waals surface area (Å²) in [6.45, 7) is 1.84. The third kappa shape index (κ3) is 6.30. The lowest BCUT2D eigenvalue weighted by molar-refractivity contribution is 0.368. The number of rotatable bonds is 9. The molecule has 4 aromatic rings. The van der Waals surface area contributed by atoms with Crippen LogP contribution in [0.15, 0.2) is 108 Å². The molecule has 1 N–H and O–H groups in total. The number of aryl methyl sites for hydroxylation is 1. The molecule has 0 aliphatic rings. The Hall–Kier alpha value is -2.80. The fourth-order valence-corrected chi connectivity index (χ4v) is 7.56. The fraction of sp³-hybridized carbons (Fsp3) is 0.0769. The molecule has 4 rings (SSSR count). The number of sulfonamides is 1. The van der Waals surface area contributed by atoms with Crippen LogP contribution in [-0.4, -0.2) is 8.42 Å². The molecule has 0 fully saturated rings. The van der Waals surface area contributed by atoms with E-state index in [0.717, 1.165) is 5.56 Å². The van der Waals surface area contributed by atoms with E-state index >= 15 is 0 Å². The highest BCUT2D eigenvalue weighted by molar-refractivity contribution is 7.89. The van der Waals surface area contributed by atoms with Gasteiger partial charge in [0, 0.05) is 15.6 Å². The zero-order chi connectivity index (χ0) is 25.8. The molecule has 4 aromatic carbocycles. The van der Waals surface area contributed by atoms with Crippen LogP contribution in [0.4, 0.5) is 0 Å². The van der Waals surface area contributed by atoms with Crippen molar-refractivity contribution in [1.29, 1.82) is 0 Å². The van der Waals surface area contributed by atoms with Crippen molar-refractivity contribution in [2.45, 2.75) is 17.6 Å². The molecule has 1 atom stereocenters. The molecule has 0 saturated carbocycles. The lowest BCUT2D eigenvalue weighted by Crippen LogP contribution is -2.31. The van der Waals surface area contributed by atoms with Crippen LogP contribution in [0.2, 0.25) is 10.0 Å². The van der Waals surface area contributed by atoms with Crippen molar-refractivity contribution >= 4 is 40.8 Å². The molecule has 10 heteroatoms. The van der Waals surface area contributed by atoms with Crippen molar-refractivity contribution in [2.75, 3.05) is 0 Å². The van der Waals surface area contributed by atoms with Gasteiger partial charge in [-0.2, -0.15) is 4.72 Å². The van der Waals surface area contributed by atoms with Gasteiger partial charge < -0.3 is 9.05 Å². The van der Waals surface area contributed by atoms with E-state index in [4.69, 9.17) is 32.2 Å². The molecule has 186 valence electrons. The fourth-order valence-electron chi connectivity index (χ4n) is 3.33. The molecule has 0 radical (unpaired) electrons. The largest absolute Gasteiger partial charge is 0.453 e. The summed E-state index contributed by atoms with van der Waals surface area (Å²) in [6, 6.07) is 27.4. The molecule has 1 unspecified atom stereocenters. The third-order valence-corrected chi connectivity index (χ3v) is 9.27. The minimum atomic E-state index is -4.38. The number of nitrogens with one attached hydrogen (secondary N) is 1. The van der Waals surface area contributed by atoms with Crippen molar-refractivity contribution in [3.8, 4) is 11.5 Å². The first-order valence-corrected chi connectivity index (χ1v) is 14.6. The summed E-state index contributed by atoms with van der Waals surface area (Å²) < 4.78 is 55.8. The summed E-state index contributed by atoms with van der Waals surface area (Å²) in [6.07, 6.45) is 0. The molecule has 0 heterocycles. The van der Waals surface area contributed by atoms with Crippen molar-refractivity contribution < 1.29 is 22.0 Å². The van der Waals surface area contributed by atoms with E-state index in [1.54, 1.807) is 72.8 Å². The molecular weight excluding hydrogens is 540 g/mol. The predicted molar refractivity (Wildman–Crippen MR) is 142 cm³/mol. The first kappa shape index (κ1) is 26.3. The smallest absolute Gasteiger partial charge is 0.415 e. The van der Waals surface area contributed by atoms with Gasteiger partial charge in [0.15, 0.2) is 5.78 Å². The van der Waals surface area contributed by atoms with Gasteiger partial charge >= 0.3 is 7.60 Å². The molecule has 0 aliphatic carbocycles. The van der Waals surface area contributed by atoms with Gasteiger partial charge in [-0.15, -0.1) is 0 Å². The predicted octanol–water partition coefficient (Wildman–Crippen LogP) is 7.63. The minimum absolute atomic E-state index is 0.0193. The van der Waals surface area contributed by atoms with Crippen LogP contribution < -0.4 is 13.8 Å². The first-order valence-electron chi connectivity index (χ1n) is 10.8. The highest BCUT2D eigenvalue weighted by atomic mass is 35.5. The second-order valence-corrected chi connectivity index (χ2v) is 12.4. The van der Waals surface area contributed by atoms with Gasteiger partial charge in [0.1, 0.15) is 11.5 Å². The standard InChI is InChI=1S/C26H22Cl2NO5PS/c1-19-12-15-23(16-13-19)36(31,32)29-26(24-17-14-20(27)18-25(24)28)35(30,33-21-8-4-2-5-9-21)34-22-10-6-3-7-11-22/h2-18,26,29H,1H3. The van der Waals surface area contributed by atoms with Crippen LogP contribution in [0.3, 0.4) is 0 Å².